The van der Waals surface area contributed by atoms with Crippen LogP contribution in [0.25, 0.3) is 0 Å². The Balaban J connectivity index is 1.55. The van der Waals surface area contributed by atoms with Gasteiger partial charge in [-0.05, 0) is 30.5 Å². The van der Waals surface area contributed by atoms with Crippen molar-refractivity contribution in [2.45, 2.75) is 38.4 Å². The highest BCUT2D eigenvalue weighted by molar-refractivity contribution is 5.89. The number of nitrogens with zero attached hydrogens (tertiary/aromatic N) is 3. The van der Waals surface area contributed by atoms with Crippen LogP contribution in [0.15, 0.2) is 48.8 Å². The number of hydrogen-bond donors (Lipinski definition) is 0. The Morgan fingerprint density at radius 2 is 2.04 bits per heavy atom. The number of para-hydroxylation sites is 1. The van der Waals surface area contributed by atoms with Gasteiger partial charge in [-0.2, -0.15) is 0 Å². The van der Waals surface area contributed by atoms with Gasteiger partial charge >= 0.3 is 0 Å². The summed E-state index contributed by atoms with van der Waals surface area (Å²) in [6, 6.07) is 11.9. The van der Waals surface area contributed by atoms with Gasteiger partial charge in [-0.25, -0.2) is 0 Å². The smallest absolute Gasteiger partial charge is 0.228 e. The number of carbonyl (C=O) groups is 2. The largest absolute Gasteiger partial charge is 0.496 e. The first-order valence-corrected chi connectivity index (χ1v) is 9.74. The van der Waals surface area contributed by atoms with Gasteiger partial charge in [0.1, 0.15) is 5.75 Å². The average molecular weight is 379 g/mol. The Morgan fingerprint density at radius 1 is 1.21 bits per heavy atom. The summed E-state index contributed by atoms with van der Waals surface area (Å²) in [5.74, 6) is 0.610. The van der Waals surface area contributed by atoms with Crippen LogP contribution in [0.5, 0.6) is 5.75 Å². The number of pyridine rings is 1. The second kappa shape index (κ2) is 8.00. The van der Waals surface area contributed by atoms with Crippen LogP contribution in [0.1, 0.15) is 30.4 Å². The summed E-state index contributed by atoms with van der Waals surface area (Å²) in [7, 11) is 1.63. The zero-order valence-electron chi connectivity index (χ0n) is 16.1. The zero-order valence-corrected chi connectivity index (χ0v) is 16.1. The quantitative estimate of drug-likeness (QED) is 0.742. The summed E-state index contributed by atoms with van der Waals surface area (Å²) in [5, 5.41) is 0. The molecule has 0 N–H and O–H groups in total. The van der Waals surface area contributed by atoms with Gasteiger partial charge in [0, 0.05) is 50.1 Å². The molecular formula is C22H25N3O3. The van der Waals surface area contributed by atoms with Crippen molar-refractivity contribution in [3.05, 3.63) is 59.9 Å². The van der Waals surface area contributed by atoms with Crippen LogP contribution in [-0.4, -0.2) is 46.3 Å². The Labute approximate surface area is 165 Å². The summed E-state index contributed by atoms with van der Waals surface area (Å²) in [6.07, 6.45) is 5.93. The molecule has 0 bridgehead atoms. The molecule has 0 unspecified atom stereocenters. The van der Waals surface area contributed by atoms with Gasteiger partial charge in [0.15, 0.2) is 0 Å². The molecule has 1 aliphatic carbocycles. The lowest BCUT2D eigenvalue weighted by Gasteiger charge is -2.26. The van der Waals surface area contributed by atoms with Gasteiger partial charge < -0.3 is 14.5 Å². The summed E-state index contributed by atoms with van der Waals surface area (Å²) in [5.41, 5.74) is 1.92. The minimum absolute atomic E-state index is 0.0197. The van der Waals surface area contributed by atoms with Gasteiger partial charge in [-0.3, -0.25) is 14.6 Å². The first-order valence-electron chi connectivity index (χ1n) is 9.74. The number of rotatable bonds is 7. The molecule has 2 heterocycles. The number of likely N-dealkylation sites (tertiary alicyclic amines) is 1. The van der Waals surface area contributed by atoms with Crippen LogP contribution in [-0.2, 0) is 22.7 Å². The third-order valence-electron chi connectivity index (χ3n) is 5.46. The lowest BCUT2D eigenvalue weighted by Crippen LogP contribution is -2.37. The minimum Gasteiger partial charge on any atom is -0.496 e. The summed E-state index contributed by atoms with van der Waals surface area (Å²) >= 11 is 0. The SMILES string of the molecule is COc1ccccc1CN(Cc1cccnc1)C(=O)[C@H]1CC(=O)N(C2CC2)C1. The lowest BCUT2D eigenvalue weighted by atomic mass is 10.1. The molecule has 2 aromatic rings. The molecule has 1 aliphatic heterocycles. The van der Waals surface area contributed by atoms with Crippen LogP contribution in [0.4, 0.5) is 0 Å². The van der Waals surface area contributed by atoms with E-state index in [1.54, 1.807) is 19.5 Å². The van der Waals surface area contributed by atoms with E-state index in [1.807, 2.05) is 46.2 Å². The molecular weight excluding hydrogens is 354 g/mol. The van der Waals surface area contributed by atoms with E-state index < -0.39 is 0 Å². The Bertz CT molecular complexity index is 851. The second-order valence-corrected chi connectivity index (χ2v) is 7.55. The molecule has 0 radical (unpaired) electrons. The van der Waals surface area contributed by atoms with Crippen molar-refractivity contribution in [1.82, 2.24) is 14.8 Å². The summed E-state index contributed by atoms with van der Waals surface area (Å²) < 4.78 is 5.46. The third kappa shape index (κ3) is 4.01. The lowest BCUT2D eigenvalue weighted by molar-refractivity contribution is -0.137. The fourth-order valence-electron chi connectivity index (χ4n) is 3.86. The number of hydrogen-bond acceptors (Lipinski definition) is 4. The minimum atomic E-state index is -0.278. The Morgan fingerprint density at radius 3 is 2.75 bits per heavy atom. The number of carbonyl (C=O) groups excluding carboxylic acids is 2. The molecule has 4 rings (SSSR count). The normalized spacial score (nSPS) is 19.0. The molecule has 1 saturated heterocycles. The standard InChI is InChI=1S/C22H25N3O3/c1-28-20-7-3-2-6-17(20)14-24(13-16-5-4-10-23-12-16)22(27)18-11-21(26)25(15-18)19-8-9-19/h2-7,10,12,18-19H,8-9,11,13-15H2,1H3/t18-/m0/s1. The predicted molar refractivity (Wildman–Crippen MR) is 104 cm³/mol. The van der Waals surface area contributed by atoms with E-state index in [0.717, 1.165) is 29.7 Å². The highest BCUT2D eigenvalue weighted by atomic mass is 16.5. The highest BCUT2D eigenvalue weighted by Gasteiger charge is 2.42. The molecule has 2 amide bonds. The molecule has 28 heavy (non-hydrogen) atoms. The third-order valence-corrected chi connectivity index (χ3v) is 5.46. The molecule has 0 spiro atoms. The fraction of sp³-hybridized carbons (Fsp3) is 0.409. The van der Waals surface area contributed by atoms with E-state index in [2.05, 4.69) is 4.98 Å². The first-order chi connectivity index (χ1) is 13.7. The van der Waals surface area contributed by atoms with Crippen molar-refractivity contribution in [3.63, 3.8) is 0 Å². The molecule has 6 nitrogen and oxygen atoms in total. The summed E-state index contributed by atoms with van der Waals surface area (Å²) in [4.78, 5) is 33.6. The number of aromatic nitrogens is 1. The number of benzene rings is 1. The molecule has 6 heteroatoms. The molecule has 1 saturated carbocycles. The van der Waals surface area contributed by atoms with Gasteiger partial charge in [-0.15, -0.1) is 0 Å². The van der Waals surface area contributed by atoms with E-state index >= 15 is 0 Å². The number of methoxy groups -OCH3 is 1. The van der Waals surface area contributed by atoms with Crippen molar-refractivity contribution in [1.29, 1.82) is 0 Å². The molecule has 2 aliphatic rings. The average Bonchev–Trinajstić information content (AvgIpc) is 3.49. The van der Waals surface area contributed by atoms with Crippen LogP contribution < -0.4 is 4.74 Å². The maximum atomic E-state index is 13.4. The maximum Gasteiger partial charge on any atom is 0.228 e. The Hall–Kier alpha value is -2.89. The molecule has 1 aromatic heterocycles. The monoisotopic (exact) mass is 379 g/mol. The molecule has 1 atom stereocenters. The van der Waals surface area contributed by atoms with Crippen molar-refractivity contribution < 1.29 is 14.3 Å². The highest BCUT2D eigenvalue weighted by Crippen LogP contribution is 2.33. The van der Waals surface area contributed by atoms with Gasteiger partial charge in [0.25, 0.3) is 0 Å². The van der Waals surface area contributed by atoms with Crippen LogP contribution in [0, 0.1) is 5.92 Å². The van der Waals surface area contributed by atoms with Crippen molar-refractivity contribution in [2.24, 2.45) is 5.92 Å². The van der Waals surface area contributed by atoms with E-state index in [4.69, 9.17) is 4.74 Å². The number of ether oxygens (including phenoxy) is 1. The van der Waals surface area contributed by atoms with Crippen molar-refractivity contribution >= 4 is 11.8 Å². The summed E-state index contributed by atoms with van der Waals surface area (Å²) in [6.45, 7) is 1.43. The second-order valence-electron chi connectivity index (χ2n) is 7.55. The van der Waals surface area contributed by atoms with Crippen molar-refractivity contribution in [2.75, 3.05) is 13.7 Å². The fourth-order valence-corrected chi connectivity index (χ4v) is 3.86. The molecule has 1 aromatic carbocycles. The molecule has 146 valence electrons. The van der Waals surface area contributed by atoms with E-state index in [-0.39, 0.29) is 17.7 Å². The Kier molecular flexibility index (Phi) is 5.28. The van der Waals surface area contributed by atoms with Crippen LogP contribution >= 0.6 is 0 Å². The maximum absolute atomic E-state index is 13.4. The van der Waals surface area contributed by atoms with Gasteiger partial charge in [-0.1, -0.05) is 24.3 Å². The van der Waals surface area contributed by atoms with Gasteiger partial charge in [0.2, 0.25) is 11.8 Å². The predicted octanol–water partition coefficient (Wildman–Crippen LogP) is 2.63. The van der Waals surface area contributed by atoms with E-state index in [9.17, 15) is 9.59 Å². The van der Waals surface area contributed by atoms with Crippen molar-refractivity contribution in [3.8, 4) is 5.75 Å². The number of amides is 2. The van der Waals surface area contributed by atoms with Crippen LogP contribution in [0.2, 0.25) is 0 Å². The van der Waals surface area contributed by atoms with Gasteiger partial charge in [0.05, 0.1) is 13.0 Å². The van der Waals surface area contributed by atoms with Crippen LogP contribution in [0.3, 0.4) is 0 Å². The first kappa shape index (κ1) is 18.5. The van der Waals surface area contributed by atoms with E-state index in [1.165, 1.54) is 0 Å². The zero-order chi connectivity index (χ0) is 19.5. The molecule has 2 fully saturated rings. The van der Waals surface area contributed by atoms with E-state index in [0.29, 0.717) is 32.1 Å². The topological polar surface area (TPSA) is 62.7 Å².